The fourth-order valence-corrected chi connectivity index (χ4v) is 0.669. The SMILES string of the molecule is CCN(CC)C(=O)NC. The van der Waals surface area contributed by atoms with Crippen LogP contribution in [-0.4, -0.2) is 31.1 Å². The third-order valence-electron chi connectivity index (χ3n) is 1.26. The van der Waals surface area contributed by atoms with Gasteiger partial charge in [0.15, 0.2) is 0 Å². The number of urea groups is 1. The molecule has 2 amide bonds. The van der Waals surface area contributed by atoms with Crippen molar-refractivity contribution in [2.75, 3.05) is 20.1 Å². The molecule has 3 heteroatoms. The number of rotatable bonds is 2. The van der Waals surface area contributed by atoms with Crippen LogP contribution in [0.25, 0.3) is 0 Å². The standard InChI is InChI=1S/C6H14N2O/c1-4-8(5-2)6(9)7-3/h4-5H2,1-3H3,(H,7,9). The molecule has 0 rings (SSSR count). The highest BCUT2D eigenvalue weighted by Crippen LogP contribution is 1.85. The smallest absolute Gasteiger partial charge is 0.317 e. The monoisotopic (exact) mass is 130 g/mol. The Hall–Kier alpha value is -0.730. The molecule has 54 valence electrons. The zero-order valence-corrected chi connectivity index (χ0v) is 6.27. The highest BCUT2D eigenvalue weighted by atomic mass is 16.2. The third kappa shape index (κ3) is 2.35. The molecule has 0 saturated carbocycles. The molecule has 0 aliphatic heterocycles. The molecule has 0 aromatic heterocycles. The van der Waals surface area contributed by atoms with Gasteiger partial charge in [0.1, 0.15) is 0 Å². The fraction of sp³-hybridized carbons (Fsp3) is 0.833. The predicted molar refractivity (Wildman–Crippen MR) is 37.4 cm³/mol. The van der Waals surface area contributed by atoms with E-state index < -0.39 is 0 Å². The van der Waals surface area contributed by atoms with Gasteiger partial charge in [0.25, 0.3) is 0 Å². The number of hydrogen-bond donors (Lipinski definition) is 1. The van der Waals surface area contributed by atoms with Gasteiger partial charge in [0.2, 0.25) is 0 Å². The van der Waals surface area contributed by atoms with Gasteiger partial charge < -0.3 is 10.2 Å². The first-order valence-electron chi connectivity index (χ1n) is 3.22. The van der Waals surface area contributed by atoms with E-state index in [-0.39, 0.29) is 6.03 Å². The lowest BCUT2D eigenvalue weighted by atomic mass is 10.5. The van der Waals surface area contributed by atoms with Crippen LogP contribution in [0.2, 0.25) is 0 Å². The number of carbonyl (C=O) groups excluding carboxylic acids is 1. The Balaban J connectivity index is 3.64. The lowest BCUT2D eigenvalue weighted by molar-refractivity contribution is 0.205. The van der Waals surface area contributed by atoms with E-state index in [1.54, 1.807) is 11.9 Å². The molecule has 0 aromatic carbocycles. The molecule has 1 N–H and O–H groups in total. The van der Waals surface area contributed by atoms with Crippen molar-refractivity contribution in [2.24, 2.45) is 0 Å². The Bertz CT molecular complexity index is 89.1. The van der Waals surface area contributed by atoms with Crippen molar-refractivity contribution in [3.63, 3.8) is 0 Å². The molecule has 0 bridgehead atoms. The summed E-state index contributed by atoms with van der Waals surface area (Å²) in [5.41, 5.74) is 0. The molecule has 0 aliphatic rings. The van der Waals surface area contributed by atoms with E-state index >= 15 is 0 Å². The van der Waals surface area contributed by atoms with Crippen molar-refractivity contribution in [3.05, 3.63) is 0 Å². The number of hydrogen-bond acceptors (Lipinski definition) is 1. The molecule has 0 atom stereocenters. The highest BCUT2D eigenvalue weighted by molar-refractivity contribution is 5.73. The summed E-state index contributed by atoms with van der Waals surface area (Å²) in [6.45, 7) is 5.46. The van der Waals surface area contributed by atoms with E-state index in [0.717, 1.165) is 13.1 Å². The zero-order valence-electron chi connectivity index (χ0n) is 6.27. The van der Waals surface area contributed by atoms with Crippen molar-refractivity contribution < 1.29 is 4.79 Å². The quantitative estimate of drug-likeness (QED) is 0.585. The van der Waals surface area contributed by atoms with Crippen LogP contribution >= 0.6 is 0 Å². The maximum absolute atomic E-state index is 10.8. The maximum Gasteiger partial charge on any atom is 0.317 e. The minimum Gasteiger partial charge on any atom is -0.341 e. The summed E-state index contributed by atoms with van der Waals surface area (Å²) >= 11 is 0. The third-order valence-corrected chi connectivity index (χ3v) is 1.26. The normalized spacial score (nSPS) is 8.78. The van der Waals surface area contributed by atoms with Crippen molar-refractivity contribution in [2.45, 2.75) is 13.8 Å². The van der Waals surface area contributed by atoms with Crippen LogP contribution in [0.4, 0.5) is 4.79 Å². The van der Waals surface area contributed by atoms with Crippen LogP contribution in [0.1, 0.15) is 13.8 Å². The first-order chi connectivity index (χ1) is 4.26. The summed E-state index contributed by atoms with van der Waals surface area (Å²) in [7, 11) is 1.64. The molecule has 0 aliphatic carbocycles. The van der Waals surface area contributed by atoms with Crippen LogP contribution in [0, 0.1) is 0 Å². The second-order valence-electron chi connectivity index (χ2n) is 1.73. The topological polar surface area (TPSA) is 32.3 Å². The molecule has 0 radical (unpaired) electrons. The van der Waals surface area contributed by atoms with Crippen molar-refractivity contribution in [1.82, 2.24) is 10.2 Å². The van der Waals surface area contributed by atoms with E-state index in [9.17, 15) is 4.79 Å². The van der Waals surface area contributed by atoms with Crippen LogP contribution in [0.3, 0.4) is 0 Å². The first-order valence-corrected chi connectivity index (χ1v) is 3.22. The van der Waals surface area contributed by atoms with Gasteiger partial charge in [0, 0.05) is 20.1 Å². The summed E-state index contributed by atoms with van der Waals surface area (Å²) in [5, 5.41) is 2.55. The first kappa shape index (κ1) is 8.27. The second kappa shape index (κ2) is 4.18. The van der Waals surface area contributed by atoms with Crippen LogP contribution in [0.5, 0.6) is 0 Å². The molecule has 3 nitrogen and oxygen atoms in total. The van der Waals surface area contributed by atoms with Gasteiger partial charge in [-0.05, 0) is 13.8 Å². The van der Waals surface area contributed by atoms with E-state index in [0.29, 0.717) is 0 Å². The molecular formula is C6H14N2O. The summed E-state index contributed by atoms with van der Waals surface area (Å²) in [6.07, 6.45) is 0. The van der Waals surface area contributed by atoms with Crippen molar-refractivity contribution in [1.29, 1.82) is 0 Å². The van der Waals surface area contributed by atoms with Crippen molar-refractivity contribution >= 4 is 6.03 Å². The zero-order chi connectivity index (χ0) is 7.28. The van der Waals surface area contributed by atoms with Crippen LogP contribution in [0.15, 0.2) is 0 Å². The van der Waals surface area contributed by atoms with Crippen LogP contribution in [-0.2, 0) is 0 Å². The van der Waals surface area contributed by atoms with E-state index in [1.165, 1.54) is 0 Å². The van der Waals surface area contributed by atoms with Crippen molar-refractivity contribution in [3.8, 4) is 0 Å². The Morgan fingerprint density at radius 3 is 2.00 bits per heavy atom. The van der Waals surface area contributed by atoms with Gasteiger partial charge in [-0.1, -0.05) is 0 Å². The Morgan fingerprint density at radius 1 is 1.44 bits per heavy atom. The molecule has 0 unspecified atom stereocenters. The molecular weight excluding hydrogens is 116 g/mol. The Morgan fingerprint density at radius 2 is 1.89 bits per heavy atom. The highest BCUT2D eigenvalue weighted by Gasteiger charge is 2.03. The van der Waals surface area contributed by atoms with E-state index in [2.05, 4.69) is 5.32 Å². The molecule has 0 aromatic rings. The summed E-state index contributed by atoms with van der Waals surface area (Å²) in [5.74, 6) is 0. The number of carbonyl (C=O) groups is 1. The maximum atomic E-state index is 10.8. The Kier molecular flexibility index (Phi) is 3.84. The van der Waals surface area contributed by atoms with E-state index in [1.807, 2.05) is 13.8 Å². The Labute approximate surface area is 56.0 Å². The lowest BCUT2D eigenvalue weighted by Crippen LogP contribution is -2.37. The van der Waals surface area contributed by atoms with Gasteiger partial charge in [-0.3, -0.25) is 0 Å². The average molecular weight is 130 g/mol. The van der Waals surface area contributed by atoms with Gasteiger partial charge in [-0.25, -0.2) is 4.79 Å². The molecule has 0 saturated heterocycles. The van der Waals surface area contributed by atoms with Crippen LogP contribution < -0.4 is 5.32 Å². The average Bonchev–Trinajstić information content (AvgIpc) is 1.90. The number of amides is 2. The van der Waals surface area contributed by atoms with Gasteiger partial charge in [-0.2, -0.15) is 0 Å². The van der Waals surface area contributed by atoms with Gasteiger partial charge >= 0.3 is 6.03 Å². The summed E-state index contributed by atoms with van der Waals surface area (Å²) < 4.78 is 0. The predicted octanol–water partition coefficient (Wildman–Crippen LogP) is 0.668. The largest absolute Gasteiger partial charge is 0.341 e. The molecule has 0 heterocycles. The molecule has 0 fully saturated rings. The molecule has 9 heavy (non-hydrogen) atoms. The summed E-state index contributed by atoms with van der Waals surface area (Å²) in [4.78, 5) is 12.5. The number of nitrogens with one attached hydrogen (secondary N) is 1. The molecule has 0 spiro atoms. The second-order valence-corrected chi connectivity index (χ2v) is 1.73. The van der Waals surface area contributed by atoms with Gasteiger partial charge in [-0.15, -0.1) is 0 Å². The summed E-state index contributed by atoms with van der Waals surface area (Å²) in [6, 6.07) is 0.000000000000000222. The minimum absolute atomic E-state index is 0.000000000000000222. The lowest BCUT2D eigenvalue weighted by Gasteiger charge is -2.16. The minimum atomic E-state index is 0.000000000000000222. The van der Waals surface area contributed by atoms with Gasteiger partial charge in [0.05, 0.1) is 0 Å². The number of nitrogens with zero attached hydrogens (tertiary/aromatic N) is 1. The van der Waals surface area contributed by atoms with E-state index in [4.69, 9.17) is 0 Å². The fourth-order valence-electron chi connectivity index (χ4n) is 0.669.